The molecule has 4 heteroatoms. The number of carbonyl (C=O) groups is 1. The van der Waals surface area contributed by atoms with Gasteiger partial charge in [0, 0.05) is 6.04 Å². The summed E-state index contributed by atoms with van der Waals surface area (Å²) in [4.78, 5) is 14.0. The lowest BCUT2D eigenvalue weighted by Gasteiger charge is -2.27. The molecule has 0 fully saturated rings. The normalized spacial score (nSPS) is 13.9. The average molecular weight is 229 g/mol. The van der Waals surface area contributed by atoms with E-state index in [0.29, 0.717) is 12.8 Å². The first-order valence-electron chi connectivity index (χ1n) is 6.10. The van der Waals surface area contributed by atoms with E-state index in [-0.39, 0.29) is 11.9 Å². The van der Waals surface area contributed by atoms with Gasteiger partial charge in [0.25, 0.3) is 0 Å². The van der Waals surface area contributed by atoms with Gasteiger partial charge in [-0.25, -0.2) is 0 Å². The Morgan fingerprint density at radius 3 is 2.25 bits per heavy atom. The van der Waals surface area contributed by atoms with Crippen molar-refractivity contribution in [1.29, 1.82) is 0 Å². The van der Waals surface area contributed by atoms with E-state index in [1.165, 1.54) is 0 Å². The lowest BCUT2D eigenvalue weighted by molar-refractivity contribution is -0.127. The fourth-order valence-corrected chi connectivity index (χ4v) is 1.46. The second-order valence-electron chi connectivity index (χ2n) is 4.83. The molecule has 16 heavy (non-hydrogen) atoms. The molecule has 0 spiro atoms. The Morgan fingerprint density at radius 2 is 1.88 bits per heavy atom. The molecule has 3 N–H and O–H groups in total. The first kappa shape index (κ1) is 15.4. The highest BCUT2D eigenvalue weighted by molar-refractivity contribution is 5.86. The van der Waals surface area contributed by atoms with Gasteiger partial charge in [-0.2, -0.15) is 0 Å². The van der Waals surface area contributed by atoms with Crippen molar-refractivity contribution in [3.8, 4) is 0 Å². The molecule has 1 atom stereocenters. The van der Waals surface area contributed by atoms with Crippen LogP contribution in [-0.2, 0) is 4.79 Å². The number of hydrogen-bond donors (Lipinski definition) is 2. The van der Waals surface area contributed by atoms with Crippen LogP contribution in [-0.4, -0.2) is 43.0 Å². The highest BCUT2D eigenvalue weighted by atomic mass is 16.2. The molecule has 0 heterocycles. The molecule has 1 amide bonds. The Labute approximate surface area is 99.6 Å². The van der Waals surface area contributed by atoms with Crippen LogP contribution in [0.25, 0.3) is 0 Å². The fourth-order valence-electron chi connectivity index (χ4n) is 1.46. The van der Waals surface area contributed by atoms with Crippen LogP contribution in [0.1, 0.15) is 40.0 Å². The van der Waals surface area contributed by atoms with Crippen molar-refractivity contribution in [2.24, 2.45) is 5.73 Å². The summed E-state index contributed by atoms with van der Waals surface area (Å²) in [6.07, 6.45) is 2.30. The molecule has 0 bridgehead atoms. The van der Waals surface area contributed by atoms with E-state index in [1.54, 1.807) is 0 Å². The Morgan fingerprint density at radius 1 is 1.38 bits per heavy atom. The van der Waals surface area contributed by atoms with E-state index in [2.05, 4.69) is 10.2 Å². The minimum absolute atomic E-state index is 0.0243. The monoisotopic (exact) mass is 229 g/mol. The van der Waals surface area contributed by atoms with E-state index in [0.717, 1.165) is 13.0 Å². The Hall–Kier alpha value is -0.610. The van der Waals surface area contributed by atoms with E-state index in [9.17, 15) is 4.79 Å². The average Bonchev–Trinajstić information content (AvgIpc) is 2.25. The summed E-state index contributed by atoms with van der Waals surface area (Å²) in [5.74, 6) is -0.0243. The zero-order chi connectivity index (χ0) is 12.8. The summed E-state index contributed by atoms with van der Waals surface area (Å²) < 4.78 is 0. The first-order valence-corrected chi connectivity index (χ1v) is 6.10. The number of hydrogen-bond acceptors (Lipinski definition) is 3. The molecule has 0 saturated carbocycles. The SMILES string of the molecule is CCC(N)(CC)C(=O)NC(C)CCN(C)C. The number of nitrogens with one attached hydrogen (secondary N) is 1. The number of amides is 1. The molecule has 0 aliphatic rings. The van der Waals surface area contributed by atoms with Gasteiger partial charge in [0.15, 0.2) is 0 Å². The molecule has 4 nitrogen and oxygen atoms in total. The summed E-state index contributed by atoms with van der Waals surface area (Å²) in [7, 11) is 4.06. The first-order chi connectivity index (χ1) is 7.35. The molecule has 1 unspecified atom stereocenters. The van der Waals surface area contributed by atoms with Gasteiger partial charge in [0.1, 0.15) is 0 Å². The molecule has 0 aliphatic carbocycles. The minimum atomic E-state index is -0.702. The third kappa shape index (κ3) is 4.94. The third-order valence-corrected chi connectivity index (χ3v) is 3.10. The largest absolute Gasteiger partial charge is 0.352 e. The van der Waals surface area contributed by atoms with Gasteiger partial charge in [-0.15, -0.1) is 0 Å². The van der Waals surface area contributed by atoms with Crippen molar-refractivity contribution in [2.45, 2.75) is 51.6 Å². The van der Waals surface area contributed by atoms with Crippen LogP contribution in [0.5, 0.6) is 0 Å². The van der Waals surface area contributed by atoms with E-state index in [1.807, 2.05) is 34.9 Å². The quantitative estimate of drug-likeness (QED) is 0.683. The third-order valence-electron chi connectivity index (χ3n) is 3.10. The van der Waals surface area contributed by atoms with Gasteiger partial charge >= 0.3 is 0 Å². The highest BCUT2D eigenvalue weighted by Gasteiger charge is 2.30. The van der Waals surface area contributed by atoms with Crippen molar-refractivity contribution < 1.29 is 4.79 Å². The molecule has 0 aliphatic heterocycles. The zero-order valence-corrected chi connectivity index (χ0v) is 11.3. The summed E-state index contributed by atoms with van der Waals surface area (Å²) in [5, 5.41) is 2.99. The van der Waals surface area contributed by atoms with Gasteiger partial charge in [-0.3, -0.25) is 4.79 Å². The second kappa shape index (κ2) is 6.86. The van der Waals surface area contributed by atoms with Crippen molar-refractivity contribution in [2.75, 3.05) is 20.6 Å². The molecule has 96 valence electrons. The molecular formula is C12H27N3O. The van der Waals surface area contributed by atoms with Gasteiger partial charge in [0.05, 0.1) is 5.54 Å². The van der Waals surface area contributed by atoms with Crippen LogP contribution in [0.3, 0.4) is 0 Å². The number of rotatable bonds is 7. The van der Waals surface area contributed by atoms with Crippen molar-refractivity contribution in [3.05, 3.63) is 0 Å². The molecule has 0 saturated heterocycles. The molecular weight excluding hydrogens is 202 g/mol. The standard InChI is InChI=1S/C12H27N3O/c1-6-12(13,7-2)11(16)14-10(3)8-9-15(4)5/h10H,6-9,13H2,1-5H3,(H,14,16). The van der Waals surface area contributed by atoms with Gasteiger partial charge in [-0.05, 0) is 46.8 Å². The van der Waals surface area contributed by atoms with E-state index >= 15 is 0 Å². The Bertz CT molecular complexity index is 212. The van der Waals surface area contributed by atoms with Crippen LogP contribution >= 0.6 is 0 Å². The smallest absolute Gasteiger partial charge is 0.240 e. The molecule has 0 rings (SSSR count). The van der Waals surface area contributed by atoms with Gasteiger partial charge in [0.2, 0.25) is 5.91 Å². The zero-order valence-electron chi connectivity index (χ0n) is 11.3. The summed E-state index contributed by atoms with van der Waals surface area (Å²) in [5.41, 5.74) is 5.32. The molecule has 0 aromatic heterocycles. The van der Waals surface area contributed by atoms with Crippen LogP contribution in [0, 0.1) is 0 Å². The Balaban J connectivity index is 4.12. The van der Waals surface area contributed by atoms with Crippen LogP contribution < -0.4 is 11.1 Å². The maximum atomic E-state index is 11.9. The molecule has 0 radical (unpaired) electrons. The molecule has 0 aromatic rings. The predicted molar refractivity (Wildman–Crippen MR) is 68.3 cm³/mol. The lowest BCUT2D eigenvalue weighted by atomic mass is 9.93. The minimum Gasteiger partial charge on any atom is -0.352 e. The van der Waals surface area contributed by atoms with Crippen molar-refractivity contribution in [3.63, 3.8) is 0 Å². The second-order valence-corrected chi connectivity index (χ2v) is 4.83. The summed E-state index contributed by atoms with van der Waals surface area (Å²) in [6, 6.07) is 0.177. The van der Waals surface area contributed by atoms with Crippen molar-refractivity contribution >= 4 is 5.91 Å². The topological polar surface area (TPSA) is 58.4 Å². The summed E-state index contributed by atoms with van der Waals surface area (Å²) >= 11 is 0. The van der Waals surface area contributed by atoms with E-state index < -0.39 is 5.54 Å². The van der Waals surface area contributed by atoms with Gasteiger partial charge in [-0.1, -0.05) is 13.8 Å². The number of carbonyl (C=O) groups excluding carboxylic acids is 1. The Kier molecular flexibility index (Phi) is 6.60. The van der Waals surface area contributed by atoms with Crippen LogP contribution in [0.4, 0.5) is 0 Å². The maximum Gasteiger partial charge on any atom is 0.240 e. The number of nitrogens with zero attached hydrogens (tertiary/aromatic N) is 1. The molecule has 0 aromatic carbocycles. The van der Waals surface area contributed by atoms with Crippen LogP contribution in [0.15, 0.2) is 0 Å². The highest BCUT2D eigenvalue weighted by Crippen LogP contribution is 2.11. The predicted octanol–water partition coefficient (Wildman–Crippen LogP) is 0.960. The van der Waals surface area contributed by atoms with Crippen molar-refractivity contribution in [1.82, 2.24) is 10.2 Å². The van der Waals surface area contributed by atoms with Crippen LogP contribution in [0.2, 0.25) is 0 Å². The summed E-state index contributed by atoms with van der Waals surface area (Å²) in [6.45, 7) is 6.89. The van der Waals surface area contributed by atoms with E-state index in [4.69, 9.17) is 5.73 Å². The fraction of sp³-hybridized carbons (Fsp3) is 0.917. The lowest BCUT2D eigenvalue weighted by Crippen LogP contribution is -2.55. The maximum absolute atomic E-state index is 11.9. The van der Waals surface area contributed by atoms with Gasteiger partial charge < -0.3 is 16.0 Å². The number of nitrogens with two attached hydrogens (primary N) is 1.